The Morgan fingerprint density at radius 3 is 2.68 bits per heavy atom. The van der Waals surface area contributed by atoms with Crippen molar-refractivity contribution in [3.8, 4) is 16.9 Å². The van der Waals surface area contributed by atoms with Gasteiger partial charge in [-0.2, -0.15) is 5.10 Å². The number of nitrogens with two attached hydrogens (primary N) is 1. The minimum absolute atomic E-state index is 0.276. The molecule has 188 valence electrons. The monoisotopic (exact) mass is 499 g/mol. The molecule has 1 fully saturated rings. The SMILES string of the molecule is Cc1cnc2ccc(Nc3ncnc4cc(-c5cnn(C)c5)cc(OC(C)C5(N)COC5)c34)c(F)c2c1. The maximum atomic E-state index is 15.5. The Bertz CT molecular complexity index is 1650. The first-order chi connectivity index (χ1) is 17.8. The third-order valence-corrected chi connectivity index (χ3v) is 6.78. The lowest BCUT2D eigenvalue weighted by Gasteiger charge is -2.42. The molecule has 1 aliphatic heterocycles. The van der Waals surface area contributed by atoms with Crippen LogP contribution in [-0.4, -0.2) is 49.6 Å². The fraction of sp³-hybridized carbons (Fsp3) is 0.259. The van der Waals surface area contributed by atoms with E-state index in [1.165, 1.54) is 6.33 Å². The number of aromatic nitrogens is 5. The number of aryl methyl sites for hydroxylation is 2. The van der Waals surface area contributed by atoms with E-state index in [0.717, 1.165) is 16.7 Å². The van der Waals surface area contributed by atoms with E-state index >= 15 is 4.39 Å². The lowest BCUT2D eigenvalue weighted by atomic mass is 9.92. The molecule has 0 amide bonds. The van der Waals surface area contributed by atoms with Crippen LogP contribution in [0.2, 0.25) is 0 Å². The van der Waals surface area contributed by atoms with Crippen molar-refractivity contribution in [2.24, 2.45) is 12.8 Å². The molecular weight excluding hydrogens is 473 g/mol. The standard InChI is InChI=1S/C27H26FN7O2/c1-15-6-19-20(30-9-15)4-5-21(25(19)28)34-26-24-22(31-14-32-26)7-17(18-10-33-35(3)11-18)8-23(24)37-16(2)27(29)12-36-13-27/h4-11,14,16H,12-13,29H2,1-3H3,(H,31,32,34). The molecule has 0 spiro atoms. The second-order valence-corrected chi connectivity index (χ2v) is 9.61. The van der Waals surface area contributed by atoms with Crippen LogP contribution in [0.3, 0.4) is 0 Å². The Balaban J connectivity index is 1.48. The maximum absolute atomic E-state index is 15.5. The Morgan fingerprint density at radius 1 is 1.11 bits per heavy atom. The highest BCUT2D eigenvalue weighted by Crippen LogP contribution is 2.38. The number of fused-ring (bicyclic) bond motifs is 2. The van der Waals surface area contributed by atoms with Crippen LogP contribution in [0.4, 0.5) is 15.9 Å². The van der Waals surface area contributed by atoms with Gasteiger partial charge in [0.1, 0.15) is 24.0 Å². The van der Waals surface area contributed by atoms with Gasteiger partial charge in [-0.25, -0.2) is 14.4 Å². The number of ether oxygens (including phenoxy) is 2. The van der Waals surface area contributed by atoms with Gasteiger partial charge in [-0.1, -0.05) is 0 Å². The lowest BCUT2D eigenvalue weighted by molar-refractivity contribution is -0.0986. The number of rotatable bonds is 6. The molecule has 3 aromatic heterocycles. The van der Waals surface area contributed by atoms with Crippen molar-refractivity contribution < 1.29 is 13.9 Å². The van der Waals surface area contributed by atoms with Crippen molar-refractivity contribution in [3.63, 3.8) is 0 Å². The Labute approximate surface area is 212 Å². The summed E-state index contributed by atoms with van der Waals surface area (Å²) in [6, 6.07) is 9.06. The van der Waals surface area contributed by atoms with Gasteiger partial charge in [0.25, 0.3) is 0 Å². The summed E-state index contributed by atoms with van der Waals surface area (Å²) in [5.41, 5.74) is 10.0. The van der Waals surface area contributed by atoms with Crippen molar-refractivity contribution in [3.05, 3.63) is 66.6 Å². The molecule has 1 aliphatic rings. The molecule has 6 rings (SSSR count). The predicted octanol–water partition coefficient (Wildman–Crippen LogP) is 4.26. The molecule has 0 aliphatic carbocycles. The maximum Gasteiger partial charge on any atom is 0.156 e. The van der Waals surface area contributed by atoms with E-state index in [9.17, 15) is 0 Å². The molecule has 0 bridgehead atoms. The summed E-state index contributed by atoms with van der Waals surface area (Å²) in [4.78, 5) is 13.3. The number of pyridine rings is 1. The molecule has 1 saturated heterocycles. The van der Waals surface area contributed by atoms with Crippen molar-refractivity contribution in [2.45, 2.75) is 25.5 Å². The van der Waals surface area contributed by atoms with Gasteiger partial charge >= 0.3 is 0 Å². The summed E-state index contributed by atoms with van der Waals surface area (Å²) in [6.45, 7) is 4.61. The van der Waals surface area contributed by atoms with Gasteiger partial charge in [-0.3, -0.25) is 9.67 Å². The predicted molar refractivity (Wildman–Crippen MR) is 139 cm³/mol. The van der Waals surface area contributed by atoms with Crippen LogP contribution in [-0.2, 0) is 11.8 Å². The van der Waals surface area contributed by atoms with Gasteiger partial charge in [-0.05, 0) is 55.3 Å². The van der Waals surface area contributed by atoms with Crippen LogP contribution in [0.1, 0.15) is 12.5 Å². The summed E-state index contributed by atoms with van der Waals surface area (Å²) in [7, 11) is 1.86. The zero-order valence-electron chi connectivity index (χ0n) is 20.7. The smallest absolute Gasteiger partial charge is 0.156 e. The van der Waals surface area contributed by atoms with Crippen molar-refractivity contribution in [1.29, 1.82) is 0 Å². The van der Waals surface area contributed by atoms with E-state index in [2.05, 4.69) is 25.4 Å². The van der Waals surface area contributed by atoms with Gasteiger partial charge in [0.15, 0.2) is 5.82 Å². The molecule has 3 N–H and O–H groups in total. The lowest BCUT2D eigenvalue weighted by Crippen LogP contribution is -2.65. The van der Waals surface area contributed by atoms with Gasteiger partial charge < -0.3 is 20.5 Å². The number of nitrogens with zero attached hydrogens (tertiary/aromatic N) is 5. The van der Waals surface area contributed by atoms with Crippen molar-refractivity contribution in [2.75, 3.05) is 18.5 Å². The third kappa shape index (κ3) is 4.13. The van der Waals surface area contributed by atoms with Crippen LogP contribution in [0, 0.1) is 12.7 Å². The number of anilines is 2. The summed E-state index contributed by atoms with van der Waals surface area (Å²) in [6.07, 6.45) is 6.50. The van der Waals surface area contributed by atoms with Crippen LogP contribution in [0.15, 0.2) is 55.2 Å². The second-order valence-electron chi connectivity index (χ2n) is 9.61. The Morgan fingerprint density at radius 2 is 1.95 bits per heavy atom. The van der Waals surface area contributed by atoms with Crippen molar-refractivity contribution in [1.82, 2.24) is 24.7 Å². The first-order valence-electron chi connectivity index (χ1n) is 11.9. The average Bonchev–Trinajstić information content (AvgIpc) is 3.30. The first kappa shape index (κ1) is 23.3. The van der Waals surface area contributed by atoms with E-state index < -0.39 is 11.4 Å². The zero-order valence-corrected chi connectivity index (χ0v) is 20.7. The third-order valence-electron chi connectivity index (χ3n) is 6.78. The second kappa shape index (κ2) is 8.75. The highest BCUT2D eigenvalue weighted by atomic mass is 19.1. The number of benzene rings is 2. The molecule has 9 nitrogen and oxygen atoms in total. The molecule has 0 saturated carbocycles. The van der Waals surface area contributed by atoms with E-state index in [1.54, 1.807) is 35.3 Å². The molecule has 37 heavy (non-hydrogen) atoms. The summed E-state index contributed by atoms with van der Waals surface area (Å²) in [5.74, 6) is 0.540. The largest absolute Gasteiger partial charge is 0.488 e. The van der Waals surface area contributed by atoms with Crippen LogP contribution in [0.5, 0.6) is 5.75 Å². The normalized spacial score (nSPS) is 15.5. The van der Waals surface area contributed by atoms with Gasteiger partial charge in [-0.15, -0.1) is 0 Å². The molecular formula is C27H26FN7O2. The van der Waals surface area contributed by atoms with Crippen LogP contribution < -0.4 is 15.8 Å². The first-order valence-corrected chi connectivity index (χ1v) is 11.9. The number of hydrogen-bond donors (Lipinski definition) is 2. The minimum atomic E-state index is -0.602. The van der Waals surface area contributed by atoms with Crippen molar-refractivity contribution >= 4 is 33.3 Å². The van der Waals surface area contributed by atoms with E-state index in [4.69, 9.17) is 15.2 Å². The number of nitrogens with one attached hydrogen (secondary N) is 1. The molecule has 10 heteroatoms. The molecule has 0 radical (unpaired) electrons. The molecule has 4 heterocycles. The van der Waals surface area contributed by atoms with Gasteiger partial charge in [0.2, 0.25) is 0 Å². The highest BCUT2D eigenvalue weighted by molar-refractivity contribution is 5.99. The fourth-order valence-corrected chi connectivity index (χ4v) is 4.45. The van der Waals surface area contributed by atoms with E-state index in [-0.39, 0.29) is 11.8 Å². The zero-order chi connectivity index (χ0) is 25.7. The van der Waals surface area contributed by atoms with Crippen LogP contribution >= 0.6 is 0 Å². The summed E-state index contributed by atoms with van der Waals surface area (Å²) < 4.78 is 29.0. The molecule has 5 aromatic rings. The molecule has 2 aromatic carbocycles. The summed E-state index contributed by atoms with van der Waals surface area (Å²) in [5, 5.41) is 8.50. The Kier molecular flexibility index (Phi) is 5.50. The van der Waals surface area contributed by atoms with Gasteiger partial charge in [0, 0.05) is 30.4 Å². The number of halogens is 1. The van der Waals surface area contributed by atoms with E-state index in [0.29, 0.717) is 46.6 Å². The number of hydrogen-bond acceptors (Lipinski definition) is 8. The fourth-order valence-electron chi connectivity index (χ4n) is 4.45. The summed E-state index contributed by atoms with van der Waals surface area (Å²) >= 11 is 0. The molecule has 1 unspecified atom stereocenters. The topological polar surface area (TPSA) is 113 Å². The molecule has 1 atom stereocenters. The Hall–Kier alpha value is -4.15. The van der Waals surface area contributed by atoms with Gasteiger partial charge in [0.05, 0.1) is 47.1 Å². The van der Waals surface area contributed by atoms with Crippen LogP contribution in [0.25, 0.3) is 32.9 Å². The average molecular weight is 500 g/mol. The van der Waals surface area contributed by atoms with E-state index in [1.807, 2.05) is 39.2 Å². The highest BCUT2D eigenvalue weighted by Gasteiger charge is 2.41. The minimum Gasteiger partial charge on any atom is -0.488 e. The quantitative estimate of drug-likeness (QED) is 0.356.